The molecule has 0 unspecified atom stereocenters. The van der Waals surface area contributed by atoms with Gasteiger partial charge in [-0.05, 0) is 29.8 Å². The van der Waals surface area contributed by atoms with Crippen molar-refractivity contribution in [3.63, 3.8) is 0 Å². The Bertz CT molecular complexity index is 488. The molecule has 2 heteroatoms. The van der Waals surface area contributed by atoms with Gasteiger partial charge in [-0.15, -0.1) is 0 Å². The van der Waals surface area contributed by atoms with Crippen LogP contribution in [0.5, 0.6) is 5.75 Å². The lowest BCUT2D eigenvalue weighted by molar-refractivity contribution is 0.240. The van der Waals surface area contributed by atoms with Gasteiger partial charge < -0.3 is 10.5 Å². The first-order chi connectivity index (χ1) is 8.58. The summed E-state index contributed by atoms with van der Waals surface area (Å²) in [7, 11) is 0. The maximum atomic E-state index is 5.82. The predicted octanol–water partition coefficient (Wildman–Crippen LogP) is 3.63. The van der Waals surface area contributed by atoms with Crippen LogP contribution in [0.15, 0.2) is 54.6 Å². The molecule has 0 amide bonds. The van der Waals surface area contributed by atoms with E-state index in [9.17, 15) is 0 Å². The van der Waals surface area contributed by atoms with Gasteiger partial charge in [0.05, 0.1) is 6.61 Å². The molecule has 94 valence electrons. The van der Waals surface area contributed by atoms with Crippen LogP contribution in [0, 0.1) is 0 Å². The molecule has 0 fully saturated rings. The van der Waals surface area contributed by atoms with Crippen LogP contribution < -0.4 is 10.5 Å². The number of rotatable bonds is 4. The summed E-state index contributed by atoms with van der Waals surface area (Å²) in [6.45, 7) is 5.00. The SMILES string of the molecule is CC(C)(COc1ccc(N)cc1)c1ccccc1. The van der Waals surface area contributed by atoms with Crippen molar-refractivity contribution in [1.29, 1.82) is 0 Å². The van der Waals surface area contributed by atoms with E-state index in [2.05, 4.69) is 38.1 Å². The third-order valence-corrected chi connectivity index (χ3v) is 3.04. The molecule has 0 heterocycles. The lowest BCUT2D eigenvalue weighted by Crippen LogP contribution is -2.26. The summed E-state index contributed by atoms with van der Waals surface area (Å²) in [5.74, 6) is 0.855. The zero-order chi connectivity index (χ0) is 13.0. The number of nitrogens with two attached hydrogens (primary N) is 1. The lowest BCUT2D eigenvalue weighted by Gasteiger charge is -2.25. The highest BCUT2D eigenvalue weighted by Gasteiger charge is 2.21. The minimum atomic E-state index is -0.0113. The molecule has 2 aromatic rings. The molecule has 2 rings (SSSR count). The van der Waals surface area contributed by atoms with Crippen LogP contribution in [0.25, 0.3) is 0 Å². The van der Waals surface area contributed by atoms with Gasteiger partial charge in [-0.2, -0.15) is 0 Å². The van der Waals surface area contributed by atoms with Gasteiger partial charge in [-0.3, -0.25) is 0 Å². The third kappa shape index (κ3) is 3.04. The third-order valence-electron chi connectivity index (χ3n) is 3.04. The molecule has 0 radical (unpaired) electrons. The van der Waals surface area contributed by atoms with E-state index in [-0.39, 0.29) is 5.41 Å². The standard InChI is InChI=1S/C16H19NO/c1-16(2,13-6-4-3-5-7-13)12-18-15-10-8-14(17)9-11-15/h3-11H,12,17H2,1-2H3. The van der Waals surface area contributed by atoms with Crippen LogP contribution in [0.4, 0.5) is 5.69 Å². The van der Waals surface area contributed by atoms with Gasteiger partial charge in [-0.1, -0.05) is 44.2 Å². The highest BCUT2D eigenvalue weighted by molar-refractivity contribution is 5.41. The van der Waals surface area contributed by atoms with E-state index in [4.69, 9.17) is 10.5 Å². The van der Waals surface area contributed by atoms with Gasteiger partial charge in [-0.25, -0.2) is 0 Å². The number of hydrogen-bond donors (Lipinski definition) is 1. The van der Waals surface area contributed by atoms with Crippen molar-refractivity contribution in [1.82, 2.24) is 0 Å². The Morgan fingerprint density at radius 3 is 2.17 bits per heavy atom. The van der Waals surface area contributed by atoms with E-state index in [0.717, 1.165) is 11.4 Å². The Balaban J connectivity index is 2.03. The van der Waals surface area contributed by atoms with Crippen molar-refractivity contribution >= 4 is 5.69 Å². The molecule has 0 aromatic heterocycles. The van der Waals surface area contributed by atoms with Gasteiger partial charge in [0.2, 0.25) is 0 Å². The molecule has 0 bridgehead atoms. The molecule has 0 atom stereocenters. The normalized spacial score (nSPS) is 11.2. The van der Waals surface area contributed by atoms with Crippen molar-refractivity contribution in [2.45, 2.75) is 19.3 Å². The summed E-state index contributed by atoms with van der Waals surface area (Å²) in [6.07, 6.45) is 0. The van der Waals surface area contributed by atoms with Crippen LogP contribution in [0.3, 0.4) is 0 Å². The van der Waals surface area contributed by atoms with Crippen molar-refractivity contribution in [2.24, 2.45) is 0 Å². The Hall–Kier alpha value is -1.96. The molecule has 0 aliphatic rings. The zero-order valence-electron chi connectivity index (χ0n) is 10.9. The van der Waals surface area contributed by atoms with E-state index in [1.165, 1.54) is 5.56 Å². The van der Waals surface area contributed by atoms with E-state index in [1.807, 2.05) is 30.3 Å². The molecule has 2 nitrogen and oxygen atoms in total. The quantitative estimate of drug-likeness (QED) is 0.830. The van der Waals surface area contributed by atoms with E-state index >= 15 is 0 Å². The van der Waals surface area contributed by atoms with E-state index in [1.54, 1.807) is 0 Å². The van der Waals surface area contributed by atoms with Gasteiger partial charge in [0.1, 0.15) is 5.75 Å². The number of benzene rings is 2. The molecule has 18 heavy (non-hydrogen) atoms. The largest absolute Gasteiger partial charge is 0.493 e. The van der Waals surface area contributed by atoms with Crippen molar-refractivity contribution in [3.8, 4) is 5.75 Å². The van der Waals surface area contributed by atoms with Crippen LogP contribution in [0.1, 0.15) is 19.4 Å². The molecular weight excluding hydrogens is 222 g/mol. The van der Waals surface area contributed by atoms with E-state index in [0.29, 0.717) is 6.61 Å². The van der Waals surface area contributed by atoms with Gasteiger partial charge in [0, 0.05) is 11.1 Å². The zero-order valence-corrected chi connectivity index (χ0v) is 10.9. The minimum Gasteiger partial charge on any atom is -0.493 e. The predicted molar refractivity (Wildman–Crippen MR) is 75.8 cm³/mol. The average molecular weight is 241 g/mol. The molecule has 0 spiro atoms. The first kappa shape index (κ1) is 12.5. The molecule has 2 aromatic carbocycles. The first-order valence-electron chi connectivity index (χ1n) is 6.12. The summed E-state index contributed by atoms with van der Waals surface area (Å²) in [5.41, 5.74) is 7.67. The fraction of sp³-hybridized carbons (Fsp3) is 0.250. The average Bonchev–Trinajstić information content (AvgIpc) is 2.39. The fourth-order valence-electron chi connectivity index (χ4n) is 1.80. The summed E-state index contributed by atoms with van der Waals surface area (Å²) >= 11 is 0. The Kier molecular flexibility index (Phi) is 3.56. The van der Waals surface area contributed by atoms with Crippen LogP contribution in [0.2, 0.25) is 0 Å². The second kappa shape index (κ2) is 5.13. The Labute approximate surface area is 108 Å². The maximum Gasteiger partial charge on any atom is 0.119 e. The van der Waals surface area contributed by atoms with Gasteiger partial charge in [0.15, 0.2) is 0 Å². The molecule has 0 aliphatic heterocycles. The fourth-order valence-corrected chi connectivity index (χ4v) is 1.80. The number of ether oxygens (including phenoxy) is 1. The lowest BCUT2D eigenvalue weighted by atomic mass is 9.86. The van der Waals surface area contributed by atoms with Crippen molar-refractivity contribution < 1.29 is 4.74 Å². The Morgan fingerprint density at radius 1 is 0.944 bits per heavy atom. The van der Waals surface area contributed by atoms with Crippen LogP contribution >= 0.6 is 0 Å². The number of hydrogen-bond acceptors (Lipinski definition) is 2. The Morgan fingerprint density at radius 2 is 1.56 bits per heavy atom. The van der Waals surface area contributed by atoms with Gasteiger partial charge >= 0.3 is 0 Å². The highest BCUT2D eigenvalue weighted by atomic mass is 16.5. The summed E-state index contributed by atoms with van der Waals surface area (Å²) in [6, 6.07) is 17.9. The monoisotopic (exact) mass is 241 g/mol. The van der Waals surface area contributed by atoms with Gasteiger partial charge in [0.25, 0.3) is 0 Å². The molecule has 2 N–H and O–H groups in total. The van der Waals surface area contributed by atoms with Crippen LogP contribution in [-0.2, 0) is 5.41 Å². The van der Waals surface area contributed by atoms with Crippen LogP contribution in [-0.4, -0.2) is 6.61 Å². The van der Waals surface area contributed by atoms with Crippen molar-refractivity contribution in [2.75, 3.05) is 12.3 Å². The molecular formula is C16H19NO. The summed E-state index contributed by atoms with van der Waals surface area (Å²) < 4.78 is 5.82. The summed E-state index contributed by atoms with van der Waals surface area (Å²) in [4.78, 5) is 0. The second-order valence-electron chi connectivity index (χ2n) is 5.11. The second-order valence-corrected chi connectivity index (χ2v) is 5.11. The topological polar surface area (TPSA) is 35.2 Å². The maximum absolute atomic E-state index is 5.82. The smallest absolute Gasteiger partial charge is 0.119 e. The van der Waals surface area contributed by atoms with Crippen molar-refractivity contribution in [3.05, 3.63) is 60.2 Å². The number of anilines is 1. The molecule has 0 aliphatic carbocycles. The minimum absolute atomic E-state index is 0.0113. The number of nitrogen functional groups attached to an aromatic ring is 1. The molecule has 0 saturated carbocycles. The first-order valence-corrected chi connectivity index (χ1v) is 6.12. The molecule has 0 saturated heterocycles. The van der Waals surface area contributed by atoms with E-state index < -0.39 is 0 Å². The highest BCUT2D eigenvalue weighted by Crippen LogP contribution is 2.24. The summed E-state index contributed by atoms with van der Waals surface area (Å²) in [5, 5.41) is 0.